The monoisotopic (exact) mass is 506 g/mol. The first-order valence-electron chi connectivity index (χ1n) is 12.7. The molecule has 0 bridgehead atoms. The Morgan fingerprint density at radius 2 is 2.03 bits per heavy atom. The molecular weight excluding hydrogens is 476 g/mol. The molecule has 8 heteroatoms. The van der Waals surface area contributed by atoms with Crippen LogP contribution < -0.4 is 5.32 Å². The number of pyridine rings is 2. The van der Waals surface area contributed by atoms with Crippen molar-refractivity contribution in [1.29, 1.82) is 0 Å². The van der Waals surface area contributed by atoms with Crippen LogP contribution in [0.5, 0.6) is 0 Å². The van der Waals surface area contributed by atoms with Crippen LogP contribution in [0.3, 0.4) is 0 Å². The highest BCUT2D eigenvalue weighted by molar-refractivity contribution is 6.32. The molecule has 36 heavy (non-hydrogen) atoms. The van der Waals surface area contributed by atoms with Crippen molar-refractivity contribution < 1.29 is 14.6 Å². The number of carbonyl (C=O) groups excluding carboxylic acids is 1. The van der Waals surface area contributed by atoms with E-state index in [0.29, 0.717) is 24.9 Å². The number of aromatic nitrogens is 2. The topological polar surface area (TPSA) is 87.6 Å². The number of hydrogen-bond donors (Lipinski definition) is 2. The normalized spacial score (nSPS) is 28.9. The Kier molecular flexibility index (Phi) is 6.20. The second-order valence-electron chi connectivity index (χ2n) is 10.6. The van der Waals surface area contributed by atoms with Crippen molar-refractivity contribution in [3.05, 3.63) is 65.1 Å². The maximum absolute atomic E-state index is 12.8. The molecular formula is C28H31ClN4O3. The zero-order valence-electron chi connectivity index (χ0n) is 20.4. The molecule has 2 unspecified atom stereocenters. The molecule has 2 saturated heterocycles. The van der Waals surface area contributed by atoms with E-state index < -0.39 is 6.10 Å². The molecule has 2 aliphatic heterocycles. The van der Waals surface area contributed by atoms with Gasteiger partial charge in [-0.3, -0.25) is 14.7 Å². The van der Waals surface area contributed by atoms with Crippen molar-refractivity contribution in [2.45, 2.75) is 49.7 Å². The number of carbonyl (C=O) groups is 1. The number of amides is 1. The van der Waals surface area contributed by atoms with Gasteiger partial charge in [0.1, 0.15) is 5.82 Å². The molecule has 0 radical (unpaired) electrons. The zero-order valence-corrected chi connectivity index (χ0v) is 21.1. The molecule has 0 spiro atoms. The number of aliphatic hydroxyl groups is 1. The number of hydrogen-bond acceptors (Lipinski definition) is 6. The van der Waals surface area contributed by atoms with Gasteiger partial charge < -0.3 is 15.2 Å². The first kappa shape index (κ1) is 23.8. The molecule has 1 saturated carbocycles. The molecule has 2 aromatic heterocycles. The van der Waals surface area contributed by atoms with Gasteiger partial charge in [0.2, 0.25) is 5.91 Å². The molecule has 3 fully saturated rings. The van der Waals surface area contributed by atoms with Gasteiger partial charge >= 0.3 is 0 Å². The van der Waals surface area contributed by atoms with E-state index in [4.69, 9.17) is 16.3 Å². The van der Waals surface area contributed by atoms with Crippen molar-refractivity contribution in [1.82, 2.24) is 14.9 Å². The van der Waals surface area contributed by atoms with Gasteiger partial charge in [0.15, 0.2) is 0 Å². The summed E-state index contributed by atoms with van der Waals surface area (Å²) in [5.41, 5.74) is 1.80. The number of nitrogens with zero attached hydrogens (tertiary/aromatic N) is 3. The molecule has 1 amide bonds. The van der Waals surface area contributed by atoms with Crippen molar-refractivity contribution >= 4 is 34.1 Å². The van der Waals surface area contributed by atoms with Crippen LogP contribution in [-0.4, -0.2) is 63.8 Å². The van der Waals surface area contributed by atoms with Crippen LogP contribution in [0.2, 0.25) is 5.02 Å². The highest BCUT2D eigenvalue weighted by Crippen LogP contribution is 2.47. The molecule has 3 aliphatic rings. The lowest BCUT2D eigenvalue weighted by atomic mass is 9.85. The number of nitrogens with one attached hydrogen (secondary N) is 1. The summed E-state index contributed by atoms with van der Waals surface area (Å²) in [6.07, 6.45) is 5.85. The fraction of sp³-hybridized carbons (Fsp3) is 0.464. The maximum atomic E-state index is 12.8. The number of fused-ring (bicyclic) bond motifs is 1. The lowest BCUT2D eigenvalue weighted by molar-refractivity contribution is -0.117. The van der Waals surface area contributed by atoms with Crippen LogP contribution >= 0.6 is 11.6 Å². The Hall–Kier alpha value is -2.58. The van der Waals surface area contributed by atoms with Crippen LogP contribution in [-0.2, 0) is 9.53 Å². The quantitative estimate of drug-likeness (QED) is 0.535. The molecule has 3 aromatic rings. The maximum Gasteiger partial charge on any atom is 0.229 e. The summed E-state index contributed by atoms with van der Waals surface area (Å²) in [6, 6.07) is 11.9. The van der Waals surface area contributed by atoms with E-state index in [1.165, 1.54) is 0 Å². The van der Waals surface area contributed by atoms with Gasteiger partial charge in [0.25, 0.3) is 0 Å². The zero-order chi connectivity index (χ0) is 24.9. The summed E-state index contributed by atoms with van der Waals surface area (Å²) in [7, 11) is 0. The molecule has 188 valence electrons. The largest absolute Gasteiger partial charge is 0.389 e. The molecule has 2 N–H and O–H groups in total. The summed E-state index contributed by atoms with van der Waals surface area (Å²) in [4.78, 5) is 24.0. The van der Waals surface area contributed by atoms with E-state index in [0.717, 1.165) is 59.4 Å². The van der Waals surface area contributed by atoms with E-state index in [1.807, 2.05) is 30.3 Å². The Morgan fingerprint density at radius 1 is 1.19 bits per heavy atom. The second kappa shape index (κ2) is 9.38. The standard InChI is InChI=1S/C28H31ClN4O3/c1-28(16-36-15-25(28)34)33-8-5-17(6-9-33)20-10-18-12-26(31-14-19(18)11-23(20)29)32-27(35)22-13-21(22)24-4-2-3-7-30-24/h2-4,7,10-12,14,17,21-22,25,34H,5-6,8-9,13,15-16H2,1H3,(H,31,32,35)/t21?,22?,25-,28+/m1/s1. The number of rotatable bonds is 5. The molecule has 1 aromatic carbocycles. The third-order valence-corrected chi connectivity index (χ3v) is 8.66. The summed E-state index contributed by atoms with van der Waals surface area (Å²) in [5.74, 6) is 1.02. The van der Waals surface area contributed by atoms with E-state index in [1.54, 1.807) is 12.4 Å². The second-order valence-corrected chi connectivity index (χ2v) is 11.0. The van der Waals surface area contributed by atoms with Crippen LogP contribution in [0.4, 0.5) is 5.82 Å². The average molecular weight is 507 g/mol. The van der Waals surface area contributed by atoms with E-state index in [9.17, 15) is 9.90 Å². The summed E-state index contributed by atoms with van der Waals surface area (Å²) >= 11 is 6.72. The van der Waals surface area contributed by atoms with Gasteiger partial charge in [0.05, 0.1) is 24.9 Å². The smallest absolute Gasteiger partial charge is 0.229 e. The van der Waals surface area contributed by atoms with Gasteiger partial charge in [0, 0.05) is 40.3 Å². The van der Waals surface area contributed by atoms with Gasteiger partial charge in [-0.15, -0.1) is 0 Å². The van der Waals surface area contributed by atoms with Gasteiger partial charge in [-0.2, -0.15) is 0 Å². The minimum absolute atomic E-state index is 0.00867. The van der Waals surface area contributed by atoms with Crippen molar-refractivity contribution in [2.75, 3.05) is 31.6 Å². The fourth-order valence-electron chi connectivity index (χ4n) is 5.85. The Labute approximate surface area is 215 Å². The van der Waals surface area contributed by atoms with Gasteiger partial charge in [-0.25, -0.2) is 4.98 Å². The highest BCUT2D eigenvalue weighted by atomic mass is 35.5. The third-order valence-electron chi connectivity index (χ3n) is 8.33. The minimum Gasteiger partial charge on any atom is -0.389 e. The number of piperidine rings is 1. The Balaban J connectivity index is 1.15. The Morgan fingerprint density at radius 3 is 2.75 bits per heavy atom. The molecule has 7 nitrogen and oxygen atoms in total. The van der Waals surface area contributed by atoms with Crippen LogP contribution in [0.15, 0.2) is 48.8 Å². The number of benzene rings is 1. The predicted molar refractivity (Wildman–Crippen MR) is 139 cm³/mol. The summed E-state index contributed by atoms with van der Waals surface area (Å²) in [6.45, 7) is 4.86. The first-order valence-corrected chi connectivity index (χ1v) is 13.1. The average Bonchev–Trinajstić information content (AvgIpc) is 3.63. The molecule has 4 atom stereocenters. The number of likely N-dealkylation sites (tertiary alicyclic amines) is 1. The van der Waals surface area contributed by atoms with Gasteiger partial charge in [-0.05, 0) is 86.5 Å². The number of ether oxygens (including phenoxy) is 1. The van der Waals surface area contributed by atoms with E-state index in [-0.39, 0.29) is 23.3 Å². The van der Waals surface area contributed by atoms with E-state index in [2.05, 4.69) is 33.2 Å². The SMILES string of the molecule is C[C@]1(N2CCC(c3cc4cc(NC(=O)C5CC5c5ccccn5)ncc4cc3Cl)CC2)COC[C@H]1O. The summed E-state index contributed by atoms with van der Waals surface area (Å²) < 4.78 is 5.54. The molecule has 6 rings (SSSR count). The van der Waals surface area contributed by atoms with Crippen LogP contribution in [0.1, 0.15) is 49.3 Å². The number of aliphatic hydroxyl groups excluding tert-OH is 1. The first-order chi connectivity index (χ1) is 17.4. The van der Waals surface area contributed by atoms with Crippen molar-refractivity contribution in [3.63, 3.8) is 0 Å². The number of anilines is 1. The van der Waals surface area contributed by atoms with Crippen molar-refractivity contribution in [2.24, 2.45) is 5.92 Å². The Bertz CT molecular complexity index is 1280. The number of halogens is 1. The van der Waals surface area contributed by atoms with Crippen LogP contribution in [0.25, 0.3) is 10.8 Å². The lowest BCUT2D eigenvalue weighted by Crippen LogP contribution is -2.56. The fourth-order valence-corrected chi connectivity index (χ4v) is 6.17. The highest BCUT2D eigenvalue weighted by Gasteiger charge is 2.46. The predicted octanol–water partition coefficient (Wildman–Crippen LogP) is 4.35. The lowest BCUT2D eigenvalue weighted by Gasteiger charge is -2.43. The van der Waals surface area contributed by atoms with Crippen LogP contribution in [0, 0.1) is 5.92 Å². The molecule has 1 aliphatic carbocycles. The summed E-state index contributed by atoms with van der Waals surface area (Å²) in [5, 5.41) is 16.1. The molecule has 4 heterocycles. The van der Waals surface area contributed by atoms with E-state index >= 15 is 0 Å². The third kappa shape index (κ3) is 4.39. The van der Waals surface area contributed by atoms with Gasteiger partial charge in [-0.1, -0.05) is 17.7 Å². The minimum atomic E-state index is -0.450. The van der Waals surface area contributed by atoms with Crippen molar-refractivity contribution in [3.8, 4) is 0 Å².